The van der Waals surface area contributed by atoms with Crippen LogP contribution in [0.5, 0.6) is 11.5 Å². The molecule has 150 valence electrons. The fourth-order valence-corrected chi connectivity index (χ4v) is 3.29. The molecule has 0 radical (unpaired) electrons. The van der Waals surface area contributed by atoms with Crippen LogP contribution in [-0.2, 0) is 9.59 Å². The minimum absolute atomic E-state index is 0.000782. The number of nitrogens with two attached hydrogens (primary N) is 1. The SMILES string of the molecule is CCOc1ccc(OCCNC(=O)CN2CCCC(CCC(N)=O)C2)cc1. The van der Waals surface area contributed by atoms with Crippen LogP contribution in [0.2, 0.25) is 0 Å². The van der Waals surface area contributed by atoms with Gasteiger partial charge in [-0.05, 0) is 62.9 Å². The zero-order valence-electron chi connectivity index (χ0n) is 16.1. The van der Waals surface area contributed by atoms with Crippen molar-refractivity contribution in [3.05, 3.63) is 24.3 Å². The molecular formula is C20H31N3O4. The minimum Gasteiger partial charge on any atom is -0.494 e. The molecule has 27 heavy (non-hydrogen) atoms. The summed E-state index contributed by atoms with van der Waals surface area (Å²) in [5.74, 6) is 1.76. The number of nitrogens with zero attached hydrogens (tertiary/aromatic N) is 1. The first-order chi connectivity index (χ1) is 13.1. The number of hydrogen-bond acceptors (Lipinski definition) is 5. The fourth-order valence-electron chi connectivity index (χ4n) is 3.29. The zero-order valence-corrected chi connectivity index (χ0v) is 16.1. The van der Waals surface area contributed by atoms with E-state index in [4.69, 9.17) is 15.2 Å². The van der Waals surface area contributed by atoms with Crippen LogP contribution in [0, 0.1) is 5.92 Å². The highest BCUT2D eigenvalue weighted by Gasteiger charge is 2.21. The summed E-state index contributed by atoms with van der Waals surface area (Å²) >= 11 is 0. The Labute approximate surface area is 161 Å². The van der Waals surface area contributed by atoms with Crippen molar-refractivity contribution in [2.24, 2.45) is 11.7 Å². The van der Waals surface area contributed by atoms with Crippen molar-refractivity contribution < 1.29 is 19.1 Å². The first kappa shape index (κ1) is 21.0. The molecule has 3 N–H and O–H groups in total. The molecular weight excluding hydrogens is 346 g/mol. The number of amides is 2. The van der Waals surface area contributed by atoms with Gasteiger partial charge in [0.2, 0.25) is 11.8 Å². The monoisotopic (exact) mass is 377 g/mol. The summed E-state index contributed by atoms with van der Waals surface area (Å²) in [6.45, 7) is 5.61. The predicted octanol–water partition coefficient (Wildman–Crippen LogP) is 1.56. The van der Waals surface area contributed by atoms with E-state index in [1.807, 2.05) is 31.2 Å². The molecule has 0 bridgehead atoms. The molecule has 1 aromatic carbocycles. The third kappa shape index (κ3) is 8.30. The van der Waals surface area contributed by atoms with Gasteiger partial charge in [-0.25, -0.2) is 0 Å². The van der Waals surface area contributed by atoms with Gasteiger partial charge in [-0.1, -0.05) is 0 Å². The van der Waals surface area contributed by atoms with Gasteiger partial charge < -0.3 is 20.5 Å². The molecule has 2 amide bonds. The van der Waals surface area contributed by atoms with Crippen molar-refractivity contribution in [3.8, 4) is 11.5 Å². The number of piperidine rings is 1. The Balaban J connectivity index is 1.60. The van der Waals surface area contributed by atoms with E-state index in [-0.39, 0.29) is 11.8 Å². The molecule has 0 spiro atoms. The summed E-state index contributed by atoms with van der Waals surface area (Å²) in [7, 11) is 0. The van der Waals surface area contributed by atoms with E-state index in [9.17, 15) is 9.59 Å². The zero-order chi connectivity index (χ0) is 19.5. The summed E-state index contributed by atoms with van der Waals surface area (Å²) in [4.78, 5) is 25.2. The van der Waals surface area contributed by atoms with Crippen LogP contribution >= 0.6 is 0 Å². The maximum Gasteiger partial charge on any atom is 0.234 e. The molecule has 0 aromatic heterocycles. The normalized spacial score (nSPS) is 17.3. The average molecular weight is 377 g/mol. The van der Waals surface area contributed by atoms with Gasteiger partial charge in [0.15, 0.2) is 0 Å². The second-order valence-electron chi connectivity index (χ2n) is 6.85. The quantitative estimate of drug-likeness (QED) is 0.571. The van der Waals surface area contributed by atoms with E-state index in [0.717, 1.165) is 43.9 Å². The van der Waals surface area contributed by atoms with Crippen LogP contribution in [0.1, 0.15) is 32.6 Å². The molecule has 1 fully saturated rings. The summed E-state index contributed by atoms with van der Waals surface area (Å²) < 4.78 is 11.0. The predicted molar refractivity (Wildman–Crippen MR) is 104 cm³/mol. The Kier molecular flexibility index (Phi) is 8.91. The lowest BCUT2D eigenvalue weighted by Gasteiger charge is -2.32. The Bertz CT molecular complexity index is 591. The number of primary amides is 1. The van der Waals surface area contributed by atoms with Gasteiger partial charge in [0.1, 0.15) is 18.1 Å². The van der Waals surface area contributed by atoms with Crippen LogP contribution in [0.3, 0.4) is 0 Å². The molecule has 2 rings (SSSR count). The Morgan fingerprint density at radius 2 is 1.93 bits per heavy atom. The van der Waals surface area contributed by atoms with Crippen LogP contribution < -0.4 is 20.5 Å². The van der Waals surface area contributed by atoms with Crippen LogP contribution in [0.4, 0.5) is 0 Å². The second-order valence-corrected chi connectivity index (χ2v) is 6.85. The van der Waals surface area contributed by atoms with Crippen molar-refractivity contribution in [2.45, 2.75) is 32.6 Å². The number of benzene rings is 1. The maximum atomic E-state index is 12.1. The van der Waals surface area contributed by atoms with Gasteiger partial charge in [0, 0.05) is 13.0 Å². The third-order valence-electron chi connectivity index (χ3n) is 4.60. The van der Waals surface area contributed by atoms with Crippen LogP contribution in [0.15, 0.2) is 24.3 Å². The van der Waals surface area contributed by atoms with Crippen LogP contribution in [0.25, 0.3) is 0 Å². The first-order valence-electron chi connectivity index (χ1n) is 9.70. The minimum atomic E-state index is -0.252. The van der Waals surface area contributed by atoms with Gasteiger partial charge >= 0.3 is 0 Å². The number of carbonyl (C=O) groups excluding carboxylic acids is 2. The number of likely N-dealkylation sites (tertiary alicyclic amines) is 1. The molecule has 1 aliphatic rings. The second kappa shape index (κ2) is 11.4. The van der Waals surface area contributed by atoms with Crippen molar-refractivity contribution >= 4 is 11.8 Å². The highest BCUT2D eigenvalue weighted by molar-refractivity contribution is 5.78. The maximum absolute atomic E-state index is 12.1. The molecule has 1 atom stereocenters. The molecule has 0 saturated carbocycles. The molecule has 7 heteroatoms. The van der Waals surface area contributed by atoms with E-state index in [1.54, 1.807) is 0 Å². The van der Waals surface area contributed by atoms with Gasteiger partial charge in [-0.2, -0.15) is 0 Å². The number of rotatable bonds is 11. The van der Waals surface area contributed by atoms with Crippen molar-refractivity contribution in [1.29, 1.82) is 0 Å². The lowest BCUT2D eigenvalue weighted by atomic mass is 9.93. The molecule has 1 unspecified atom stereocenters. The molecule has 1 aromatic rings. The van der Waals surface area contributed by atoms with Gasteiger partial charge in [-0.3, -0.25) is 14.5 Å². The van der Waals surface area contributed by atoms with Gasteiger partial charge in [0.25, 0.3) is 0 Å². The van der Waals surface area contributed by atoms with Crippen LogP contribution in [-0.4, -0.2) is 56.1 Å². The van der Waals surface area contributed by atoms with E-state index in [0.29, 0.717) is 38.6 Å². The van der Waals surface area contributed by atoms with E-state index < -0.39 is 0 Å². The lowest BCUT2D eigenvalue weighted by Crippen LogP contribution is -2.43. The Hall–Kier alpha value is -2.28. The van der Waals surface area contributed by atoms with Crippen molar-refractivity contribution in [2.75, 3.05) is 39.4 Å². The van der Waals surface area contributed by atoms with Gasteiger partial charge in [0.05, 0.1) is 19.7 Å². The topological polar surface area (TPSA) is 93.9 Å². The molecule has 1 heterocycles. The number of carbonyl (C=O) groups is 2. The van der Waals surface area contributed by atoms with E-state index in [1.165, 1.54) is 0 Å². The highest BCUT2D eigenvalue weighted by atomic mass is 16.5. The summed E-state index contributed by atoms with van der Waals surface area (Å²) in [5, 5.41) is 2.89. The average Bonchev–Trinajstić information content (AvgIpc) is 2.65. The standard InChI is InChI=1S/C20H31N3O4/c1-2-26-17-6-8-18(9-7-17)27-13-11-22-20(25)15-23-12-3-4-16(14-23)5-10-19(21)24/h6-9,16H,2-5,10-15H2,1H3,(H2,21,24)(H,22,25). The first-order valence-corrected chi connectivity index (χ1v) is 9.70. The summed E-state index contributed by atoms with van der Waals surface area (Å²) in [6.07, 6.45) is 3.38. The Morgan fingerprint density at radius 1 is 1.22 bits per heavy atom. The largest absolute Gasteiger partial charge is 0.494 e. The van der Waals surface area contributed by atoms with E-state index in [2.05, 4.69) is 10.2 Å². The lowest BCUT2D eigenvalue weighted by molar-refractivity contribution is -0.123. The molecule has 7 nitrogen and oxygen atoms in total. The van der Waals surface area contributed by atoms with Crippen molar-refractivity contribution in [3.63, 3.8) is 0 Å². The highest BCUT2D eigenvalue weighted by Crippen LogP contribution is 2.20. The molecule has 1 aliphatic heterocycles. The molecule has 1 saturated heterocycles. The number of hydrogen-bond donors (Lipinski definition) is 2. The molecule has 0 aliphatic carbocycles. The van der Waals surface area contributed by atoms with Gasteiger partial charge in [-0.15, -0.1) is 0 Å². The number of nitrogens with one attached hydrogen (secondary N) is 1. The van der Waals surface area contributed by atoms with Crippen molar-refractivity contribution in [1.82, 2.24) is 10.2 Å². The Morgan fingerprint density at radius 3 is 2.59 bits per heavy atom. The number of ether oxygens (including phenoxy) is 2. The van der Waals surface area contributed by atoms with E-state index >= 15 is 0 Å². The fraction of sp³-hybridized carbons (Fsp3) is 0.600. The summed E-state index contributed by atoms with van der Waals surface area (Å²) in [6, 6.07) is 7.43. The third-order valence-corrected chi connectivity index (χ3v) is 4.60. The smallest absolute Gasteiger partial charge is 0.234 e. The summed E-state index contributed by atoms with van der Waals surface area (Å²) in [5.41, 5.74) is 5.22.